The minimum Gasteiger partial charge on any atom is -0.258 e. The molecule has 0 aliphatic carbocycles. The second kappa shape index (κ2) is 6.47. The fraction of sp³-hybridized carbons (Fsp3) is 0.143. The number of hydrogen-bond donors (Lipinski definition) is 0. The molecule has 0 aliphatic heterocycles. The predicted octanol–water partition coefficient (Wildman–Crippen LogP) is 5.06. The molecule has 2 aromatic rings. The van der Waals surface area contributed by atoms with Crippen LogP contribution in [0.25, 0.3) is 0 Å². The maximum absolute atomic E-state index is 12.7. The lowest BCUT2D eigenvalue weighted by Gasteiger charge is -2.11. The van der Waals surface area contributed by atoms with Crippen molar-refractivity contribution >= 4 is 38.7 Å². The molecule has 2 aromatic carbocycles. The standard InChI is InChI=1S/C14H8Cl2F3NO4S/c1-7-4-13(10(16)6-9(7)15)25(23,24)12-3-2-8(14(17,18)19)5-11(12)20(21)22/h2-6H,1H3. The minimum atomic E-state index is -4.86. The number of rotatable bonds is 3. The first-order valence-electron chi connectivity index (χ1n) is 6.42. The highest BCUT2D eigenvalue weighted by molar-refractivity contribution is 7.91. The maximum atomic E-state index is 12.7. The van der Waals surface area contributed by atoms with Crippen LogP contribution in [-0.4, -0.2) is 13.3 Å². The second-order valence-electron chi connectivity index (χ2n) is 4.97. The van der Waals surface area contributed by atoms with Gasteiger partial charge in [-0.25, -0.2) is 8.42 Å². The zero-order valence-corrected chi connectivity index (χ0v) is 14.6. The van der Waals surface area contributed by atoms with E-state index in [4.69, 9.17) is 23.2 Å². The molecule has 11 heteroatoms. The predicted molar refractivity (Wildman–Crippen MR) is 84.7 cm³/mol. The number of halogens is 5. The molecule has 0 saturated carbocycles. The fourth-order valence-corrected chi connectivity index (χ4v) is 4.25. The first kappa shape index (κ1) is 19.5. The summed E-state index contributed by atoms with van der Waals surface area (Å²) < 4.78 is 63.6. The molecular weight excluding hydrogens is 406 g/mol. The molecule has 134 valence electrons. The van der Waals surface area contributed by atoms with Gasteiger partial charge < -0.3 is 0 Å². The van der Waals surface area contributed by atoms with E-state index in [0.29, 0.717) is 17.7 Å². The Morgan fingerprint density at radius 2 is 1.64 bits per heavy atom. The van der Waals surface area contributed by atoms with Crippen molar-refractivity contribution in [3.05, 3.63) is 61.6 Å². The Bertz CT molecular complexity index is 975. The molecule has 0 radical (unpaired) electrons. The van der Waals surface area contributed by atoms with Gasteiger partial charge in [-0.2, -0.15) is 13.2 Å². The Hall–Kier alpha value is -1.84. The summed E-state index contributed by atoms with van der Waals surface area (Å²) in [6, 6.07) is 3.40. The number of nitro groups is 1. The van der Waals surface area contributed by atoms with Gasteiger partial charge in [0.1, 0.15) is 4.90 Å². The number of benzene rings is 2. The Labute approximate surface area is 150 Å². The van der Waals surface area contributed by atoms with Gasteiger partial charge in [-0.1, -0.05) is 23.2 Å². The van der Waals surface area contributed by atoms with Crippen LogP contribution in [0.15, 0.2) is 40.1 Å². The van der Waals surface area contributed by atoms with Crippen LogP contribution in [0.3, 0.4) is 0 Å². The lowest BCUT2D eigenvalue weighted by Crippen LogP contribution is -2.10. The third kappa shape index (κ3) is 3.73. The Morgan fingerprint density at radius 1 is 1.04 bits per heavy atom. The maximum Gasteiger partial charge on any atom is 0.416 e. The summed E-state index contributed by atoms with van der Waals surface area (Å²) in [5.74, 6) is 0. The van der Waals surface area contributed by atoms with E-state index in [9.17, 15) is 31.7 Å². The molecule has 0 spiro atoms. The molecule has 0 heterocycles. The molecule has 0 aromatic heterocycles. The molecule has 5 nitrogen and oxygen atoms in total. The van der Waals surface area contributed by atoms with E-state index >= 15 is 0 Å². The highest BCUT2D eigenvalue weighted by Crippen LogP contribution is 2.38. The fourth-order valence-electron chi connectivity index (χ4n) is 2.02. The van der Waals surface area contributed by atoms with Gasteiger partial charge in [-0.3, -0.25) is 10.1 Å². The number of alkyl halides is 3. The van der Waals surface area contributed by atoms with E-state index in [1.807, 2.05) is 0 Å². The number of sulfone groups is 1. The van der Waals surface area contributed by atoms with Gasteiger partial charge in [0.15, 0.2) is 0 Å². The van der Waals surface area contributed by atoms with Crippen molar-refractivity contribution in [3.63, 3.8) is 0 Å². The van der Waals surface area contributed by atoms with E-state index in [0.717, 1.165) is 12.1 Å². The zero-order chi connectivity index (χ0) is 19.2. The van der Waals surface area contributed by atoms with Crippen LogP contribution in [0.2, 0.25) is 10.0 Å². The van der Waals surface area contributed by atoms with Crippen molar-refractivity contribution in [3.8, 4) is 0 Å². The lowest BCUT2D eigenvalue weighted by molar-refractivity contribution is -0.388. The normalized spacial score (nSPS) is 12.2. The number of aryl methyl sites for hydroxylation is 1. The summed E-state index contributed by atoms with van der Waals surface area (Å²) in [5.41, 5.74) is -2.20. The third-order valence-corrected chi connectivity index (χ3v) is 5.95. The summed E-state index contributed by atoms with van der Waals surface area (Å²) in [7, 11) is -4.55. The Morgan fingerprint density at radius 3 is 2.16 bits per heavy atom. The van der Waals surface area contributed by atoms with E-state index in [1.165, 1.54) is 6.92 Å². The molecule has 2 rings (SSSR count). The highest BCUT2D eigenvalue weighted by atomic mass is 35.5. The van der Waals surface area contributed by atoms with Crippen LogP contribution in [0.5, 0.6) is 0 Å². The van der Waals surface area contributed by atoms with E-state index in [-0.39, 0.29) is 16.1 Å². The van der Waals surface area contributed by atoms with E-state index < -0.39 is 42.0 Å². The molecule has 0 aliphatic rings. The quantitative estimate of drug-likeness (QED) is 0.520. The largest absolute Gasteiger partial charge is 0.416 e. The molecule has 0 amide bonds. The SMILES string of the molecule is Cc1cc(S(=O)(=O)c2ccc(C(F)(F)F)cc2[N+](=O)[O-])c(Cl)cc1Cl. The smallest absolute Gasteiger partial charge is 0.258 e. The second-order valence-corrected chi connectivity index (χ2v) is 7.67. The number of nitro benzene ring substituents is 1. The van der Waals surface area contributed by atoms with Gasteiger partial charge in [0, 0.05) is 11.1 Å². The topological polar surface area (TPSA) is 77.3 Å². The summed E-state index contributed by atoms with van der Waals surface area (Å²) in [6.07, 6.45) is -4.86. The molecule has 0 bridgehead atoms. The van der Waals surface area contributed by atoms with Crippen LogP contribution in [-0.2, 0) is 16.0 Å². The molecule has 0 N–H and O–H groups in total. The monoisotopic (exact) mass is 413 g/mol. The van der Waals surface area contributed by atoms with Crippen molar-refractivity contribution < 1.29 is 26.5 Å². The van der Waals surface area contributed by atoms with Crippen LogP contribution in [0.1, 0.15) is 11.1 Å². The van der Waals surface area contributed by atoms with Gasteiger partial charge in [0.05, 0.1) is 20.4 Å². The lowest BCUT2D eigenvalue weighted by atomic mass is 10.2. The van der Waals surface area contributed by atoms with Crippen molar-refractivity contribution in [2.45, 2.75) is 22.9 Å². The number of nitrogens with zero attached hydrogens (tertiary/aromatic N) is 1. The average Bonchev–Trinajstić information content (AvgIpc) is 2.49. The summed E-state index contributed by atoms with van der Waals surface area (Å²) in [5, 5.41) is 11.0. The van der Waals surface area contributed by atoms with Gasteiger partial charge in [-0.15, -0.1) is 0 Å². The van der Waals surface area contributed by atoms with Gasteiger partial charge in [0.2, 0.25) is 9.84 Å². The Balaban J connectivity index is 2.76. The summed E-state index contributed by atoms with van der Waals surface area (Å²) in [6.45, 7) is 1.48. The van der Waals surface area contributed by atoms with Gasteiger partial charge in [-0.05, 0) is 36.8 Å². The summed E-state index contributed by atoms with van der Waals surface area (Å²) in [4.78, 5) is 8.53. The summed E-state index contributed by atoms with van der Waals surface area (Å²) >= 11 is 11.7. The van der Waals surface area contributed by atoms with Crippen molar-refractivity contribution in [1.29, 1.82) is 0 Å². The van der Waals surface area contributed by atoms with E-state index in [1.54, 1.807) is 0 Å². The van der Waals surface area contributed by atoms with Crippen LogP contribution < -0.4 is 0 Å². The Kier molecular flexibility index (Phi) is 5.04. The molecule has 0 fully saturated rings. The van der Waals surface area contributed by atoms with Crippen LogP contribution in [0, 0.1) is 17.0 Å². The molecule has 0 saturated heterocycles. The van der Waals surface area contributed by atoms with Crippen molar-refractivity contribution in [2.75, 3.05) is 0 Å². The van der Waals surface area contributed by atoms with Crippen molar-refractivity contribution in [1.82, 2.24) is 0 Å². The van der Waals surface area contributed by atoms with Gasteiger partial charge >= 0.3 is 6.18 Å². The molecule has 25 heavy (non-hydrogen) atoms. The van der Waals surface area contributed by atoms with Crippen LogP contribution >= 0.6 is 23.2 Å². The first-order valence-corrected chi connectivity index (χ1v) is 8.66. The number of hydrogen-bond acceptors (Lipinski definition) is 4. The third-order valence-electron chi connectivity index (χ3n) is 3.28. The molecule has 0 atom stereocenters. The first-order chi connectivity index (χ1) is 11.4. The molecular formula is C14H8Cl2F3NO4S. The van der Waals surface area contributed by atoms with Crippen molar-refractivity contribution in [2.24, 2.45) is 0 Å². The minimum absolute atomic E-state index is 0.170. The average molecular weight is 414 g/mol. The van der Waals surface area contributed by atoms with Crippen LogP contribution in [0.4, 0.5) is 18.9 Å². The zero-order valence-electron chi connectivity index (χ0n) is 12.3. The molecule has 0 unspecified atom stereocenters. The highest BCUT2D eigenvalue weighted by Gasteiger charge is 2.36. The van der Waals surface area contributed by atoms with Gasteiger partial charge in [0.25, 0.3) is 5.69 Å². The van der Waals surface area contributed by atoms with E-state index in [2.05, 4.69) is 0 Å².